The van der Waals surface area contributed by atoms with Crippen molar-refractivity contribution in [2.45, 2.75) is 5.92 Å². The van der Waals surface area contributed by atoms with Gasteiger partial charge in [-0.25, -0.2) is 0 Å². The summed E-state index contributed by atoms with van der Waals surface area (Å²) in [5, 5.41) is 29.7. The van der Waals surface area contributed by atoms with Crippen LogP contribution in [0, 0.1) is 32.8 Å². The summed E-state index contributed by atoms with van der Waals surface area (Å²) >= 11 is 0. The highest BCUT2D eigenvalue weighted by Crippen LogP contribution is 2.45. The summed E-state index contributed by atoms with van der Waals surface area (Å²) in [6.07, 6.45) is 1.77. The third-order valence-electron chi connectivity index (χ3n) is 4.45. The molecule has 1 aliphatic rings. The minimum absolute atomic E-state index is 0.0466. The van der Waals surface area contributed by atoms with E-state index in [-0.39, 0.29) is 11.6 Å². The van der Waals surface area contributed by atoms with Gasteiger partial charge >= 0.3 is 0 Å². The molecule has 0 spiro atoms. The van der Waals surface area contributed by atoms with Crippen LogP contribution >= 0.6 is 0 Å². The second-order valence-corrected chi connectivity index (χ2v) is 5.83. The number of nitro benzene ring substituents is 1. The Kier molecular flexibility index (Phi) is 3.25. The molecule has 1 aliphatic heterocycles. The van der Waals surface area contributed by atoms with Gasteiger partial charge in [0.15, 0.2) is 5.75 Å². The number of nitrogens with zero attached hydrogens (tertiary/aromatic N) is 2. The lowest BCUT2D eigenvalue weighted by Gasteiger charge is -2.30. The molecule has 0 radical (unpaired) electrons. The third-order valence-corrected chi connectivity index (χ3v) is 4.45. The van der Waals surface area contributed by atoms with Crippen LogP contribution in [0.4, 0.5) is 5.69 Å². The van der Waals surface area contributed by atoms with Gasteiger partial charge in [0, 0.05) is 35.2 Å². The predicted molar refractivity (Wildman–Crippen MR) is 90.7 cm³/mol. The number of aromatic amines is 1. The molecule has 0 amide bonds. The molecule has 4 rings (SSSR count). The monoisotopic (exact) mass is 332 g/mol. The molecule has 2 unspecified atom stereocenters. The molecule has 2 N–H and O–H groups in total. The normalized spacial score (nSPS) is 19.1. The number of nitrogens with one attached hydrogen (secondary N) is 2. The number of nitriles is 1. The van der Waals surface area contributed by atoms with Crippen molar-refractivity contribution < 1.29 is 9.66 Å². The third kappa shape index (κ3) is 2.23. The van der Waals surface area contributed by atoms with E-state index >= 15 is 0 Å². The molecule has 2 aromatic carbocycles. The van der Waals surface area contributed by atoms with Crippen LogP contribution in [0.2, 0.25) is 0 Å². The highest BCUT2D eigenvalue weighted by Gasteiger charge is 2.38. The number of benzene rings is 2. The summed E-state index contributed by atoms with van der Waals surface area (Å²) in [6, 6.07) is 13.9. The zero-order chi connectivity index (χ0) is 17.6. The minimum atomic E-state index is -0.845. The van der Waals surface area contributed by atoms with Crippen LogP contribution in [0.3, 0.4) is 0 Å². The van der Waals surface area contributed by atoms with Gasteiger partial charge in [-0.15, -0.1) is 0 Å². The van der Waals surface area contributed by atoms with Crippen LogP contribution in [0.1, 0.15) is 17.0 Å². The number of fused-ring (bicyclic) bond motifs is 3. The molecule has 25 heavy (non-hydrogen) atoms. The molecule has 2 heterocycles. The number of nitro groups is 1. The lowest BCUT2D eigenvalue weighted by molar-refractivity contribution is -0.384. The van der Waals surface area contributed by atoms with E-state index in [1.54, 1.807) is 18.3 Å². The highest BCUT2D eigenvalue weighted by atomic mass is 16.6. The molecule has 0 saturated carbocycles. The maximum absolute atomic E-state index is 11.1. The van der Waals surface area contributed by atoms with Crippen molar-refractivity contribution >= 4 is 22.5 Å². The first-order valence-electron chi connectivity index (χ1n) is 7.60. The van der Waals surface area contributed by atoms with Gasteiger partial charge in [0.25, 0.3) is 5.69 Å². The van der Waals surface area contributed by atoms with Crippen LogP contribution in [-0.2, 0) is 0 Å². The highest BCUT2D eigenvalue weighted by molar-refractivity contribution is 5.94. The lowest BCUT2D eigenvalue weighted by atomic mass is 9.78. The second kappa shape index (κ2) is 5.46. The molecule has 0 saturated heterocycles. The quantitative estimate of drug-likeness (QED) is 0.549. The first-order valence-corrected chi connectivity index (χ1v) is 7.60. The van der Waals surface area contributed by atoms with E-state index in [9.17, 15) is 15.4 Å². The average Bonchev–Trinajstić information content (AvgIpc) is 3.10. The van der Waals surface area contributed by atoms with Crippen molar-refractivity contribution in [3.05, 3.63) is 69.9 Å². The molecule has 122 valence electrons. The van der Waals surface area contributed by atoms with E-state index < -0.39 is 16.8 Å². The molecular formula is C18H12N4O3. The largest absolute Gasteiger partial charge is 0.440 e. The zero-order valence-electron chi connectivity index (χ0n) is 12.9. The Hall–Kier alpha value is -3.66. The van der Waals surface area contributed by atoms with E-state index in [0.717, 1.165) is 16.5 Å². The summed E-state index contributed by atoms with van der Waals surface area (Å²) in [6.45, 7) is 0. The summed E-state index contributed by atoms with van der Waals surface area (Å²) in [5.41, 5.74) is 2.04. The van der Waals surface area contributed by atoms with Crippen molar-refractivity contribution in [2.75, 3.05) is 0 Å². The molecule has 3 aromatic rings. The van der Waals surface area contributed by atoms with Crippen molar-refractivity contribution in [3.63, 3.8) is 0 Å². The average molecular weight is 332 g/mol. The van der Waals surface area contributed by atoms with Crippen LogP contribution in [0.25, 0.3) is 10.9 Å². The molecule has 0 fully saturated rings. The SMILES string of the molecule is N#CC1C(=N)Oc2c(ccc3cc[nH]c23)C1c1cccc([N+](=O)[O-])c1. The Morgan fingerprint density at radius 1 is 1.28 bits per heavy atom. The van der Waals surface area contributed by atoms with Crippen LogP contribution in [-0.4, -0.2) is 15.8 Å². The van der Waals surface area contributed by atoms with Gasteiger partial charge in [0.2, 0.25) is 5.90 Å². The van der Waals surface area contributed by atoms with E-state index in [0.29, 0.717) is 11.3 Å². The summed E-state index contributed by atoms with van der Waals surface area (Å²) < 4.78 is 5.63. The molecular weight excluding hydrogens is 320 g/mol. The molecule has 0 aliphatic carbocycles. The van der Waals surface area contributed by atoms with Gasteiger partial charge < -0.3 is 9.72 Å². The summed E-state index contributed by atoms with van der Waals surface area (Å²) in [5.74, 6) is -1.01. The molecule has 1 aromatic heterocycles. The topological polar surface area (TPSA) is 116 Å². The van der Waals surface area contributed by atoms with E-state index in [4.69, 9.17) is 10.1 Å². The zero-order valence-corrected chi connectivity index (χ0v) is 12.9. The van der Waals surface area contributed by atoms with E-state index in [1.165, 1.54) is 12.1 Å². The number of H-pyrrole nitrogens is 1. The van der Waals surface area contributed by atoms with E-state index in [1.807, 2.05) is 18.2 Å². The van der Waals surface area contributed by atoms with Gasteiger partial charge in [-0.2, -0.15) is 5.26 Å². The minimum Gasteiger partial charge on any atom is -0.440 e. The summed E-state index contributed by atoms with van der Waals surface area (Å²) in [7, 11) is 0. The number of non-ortho nitro benzene ring substituents is 1. The second-order valence-electron chi connectivity index (χ2n) is 5.83. The fourth-order valence-electron chi connectivity index (χ4n) is 3.31. The molecule has 7 heteroatoms. The Balaban J connectivity index is 1.97. The summed E-state index contributed by atoms with van der Waals surface area (Å²) in [4.78, 5) is 13.7. The maximum atomic E-state index is 11.1. The number of aromatic nitrogens is 1. The molecule has 2 atom stereocenters. The molecule has 7 nitrogen and oxygen atoms in total. The van der Waals surface area contributed by atoms with Crippen molar-refractivity contribution in [1.29, 1.82) is 10.7 Å². The predicted octanol–water partition coefficient (Wildman–Crippen LogP) is 3.72. The van der Waals surface area contributed by atoms with Gasteiger partial charge in [0.1, 0.15) is 5.92 Å². The Morgan fingerprint density at radius 2 is 2.12 bits per heavy atom. The van der Waals surface area contributed by atoms with Crippen molar-refractivity contribution in [1.82, 2.24) is 4.98 Å². The van der Waals surface area contributed by atoms with Crippen molar-refractivity contribution in [3.8, 4) is 11.8 Å². The Bertz CT molecular complexity index is 1060. The lowest BCUT2D eigenvalue weighted by Crippen LogP contribution is -2.31. The first-order chi connectivity index (χ1) is 12.1. The van der Waals surface area contributed by atoms with Gasteiger partial charge in [-0.3, -0.25) is 15.5 Å². The van der Waals surface area contributed by atoms with Gasteiger partial charge in [-0.05, 0) is 11.6 Å². The maximum Gasteiger partial charge on any atom is 0.269 e. The standard InChI is InChI=1S/C18H12N4O3/c19-9-14-15(11-2-1-3-12(8-11)22(23)24)13-5-4-10-6-7-21-16(10)17(13)25-18(14)20/h1-8,14-15,20-21H. The van der Waals surface area contributed by atoms with Crippen LogP contribution in [0.5, 0.6) is 5.75 Å². The Morgan fingerprint density at radius 3 is 2.88 bits per heavy atom. The first kappa shape index (κ1) is 14.9. The van der Waals surface area contributed by atoms with Crippen LogP contribution in [0.15, 0.2) is 48.7 Å². The fourth-order valence-corrected chi connectivity index (χ4v) is 3.31. The van der Waals surface area contributed by atoms with Crippen molar-refractivity contribution in [2.24, 2.45) is 5.92 Å². The van der Waals surface area contributed by atoms with E-state index in [2.05, 4.69) is 11.1 Å². The molecule has 0 bridgehead atoms. The smallest absolute Gasteiger partial charge is 0.269 e. The fraction of sp³-hybridized carbons (Fsp3) is 0.111. The van der Waals surface area contributed by atoms with Crippen LogP contribution < -0.4 is 4.74 Å². The number of hydrogen-bond acceptors (Lipinski definition) is 5. The number of hydrogen-bond donors (Lipinski definition) is 2. The Labute approximate surface area is 142 Å². The number of ether oxygens (including phenoxy) is 1. The number of rotatable bonds is 2. The van der Waals surface area contributed by atoms with Gasteiger partial charge in [0.05, 0.1) is 16.5 Å². The van der Waals surface area contributed by atoms with Gasteiger partial charge in [-0.1, -0.05) is 24.3 Å².